The third-order valence-corrected chi connectivity index (χ3v) is 9.17. The van der Waals surface area contributed by atoms with Crippen molar-refractivity contribution >= 4 is 19.9 Å². The second-order valence-electron chi connectivity index (χ2n) is 7.33. The number of nitrogens with zero attached hydrogens (tertiary/aromatic N) is 2. The Morgan fingerprint density at radius 3 is 2.37 bits per heavy atom. The molecule has 2 heterocycles. The van der Waals surface area contributed by atoms with E-state index in [1.165, 1.54) is 12.1 Å². The summed E-state index contributed by atoms with van der Waals surface area (Å²) in [6, 6.07) is 5.86. The maximum atomic E-state index is 13.3. The molecule has 2 aliphatic rings. The number of hydrogen-bond acceptors (Lipinski definition) is 6. The number of nitrogens with one attached hydrogen (secondary N) is 1. The van der Waals surface area contributed by atoms with Crippen molar-refractivity contribution in [1.82, 2.24) is 14.5 Å². The molecule has 0 aromatic heterocycles. The summed E-state index contributed by atoms with van der Waals surface area (Å²) < 4.78 is 64.3. The van der Waals surface area contributed by atoms with Gasteiger partial charge in [-0.3, -0.25) is 4.90 Å². The standard InChI is InChI=1S/C17H26FN3O4S2/c1-20-7-9-21(10-8-20)17(14-2-4-15(18)5-3-14)12-19-27(24,25)16-6-11-26(22,23)13-16/h2-5,16-17,19H,6-13H2,1H3. The second kappa shape index (κ2) is 8.12. The fraction of sp³-hybridized carbons (Fsp3) is 0.647. The molecule has 2 unspecified atom stereocenters. The van der Waals surface area contributed by atoms with Gasteiger partial charge in [-0.15, -0.1) is 0 Å². The highest BCUT2D eigenvalue weighted by Gasteiger charge is 2.37. The molecule has 1 aromatic carbocycles. The molecule has 1 aromatic rings. The first kappa shape index (κ1) is 20.7. The zero-order valence-corrected chi connectivity index (χ0v) is 17.0. The van der Waals surface area contributed by atoms with Gasteiger partial charge in [0.25, 0.3) is 0 Å². The van der Waals surface area contributed by atoms with Crippen LogP contribution in [0.5, 0.6) is 0 Å². The van der Waals surface area contributed by atoms with E-state index in [2.05, 4.69) is 14.5 Å². The molecule has 0 saturated carbocycles. The second-order valence-corrected chi connectivity index (χ2v) is 11.6. The first-order valence-electron chi connectivity index (χ1n) is 9.03. The highest BCUT2D eigenvalue weighted by molar-refractivity contribution is 7.95. The SMILES string of the molecule is CN1CCN(C(CNS(=O)(=O)C2CCS(=O)(=O)C2)c2ccc(F)cc2)CC1. The molecule has 3 rings (SSSR count). The van der Waals surface area contributed by atoms with E-state index < -0.39 is 25.1 Å². The van der Waals surface area contributed by atoms with Crippen LogP contribution in [0.15, 0.2) is 24.3 Å². The minimum absolute atomic E-state index is 0.0849. The van der Waals surface area contributed by atoms with E-state index in [9.17, 15) is 21.2 Å². The molecule has 2 saturated heterocycles. The first-order valence-corrected chi connectivity index (χ1v) is 12.4. The number of benzene rings is 1. The Morgan fingerprint density at radius 1 is 1.19 bits per heavy atom. The highest BCUT2D eigenvalue weighted by Crippen LogP contribution is 2.24. The fourth-order valence-corrected chi connectivity index (χ4v) is 7.68. The van der Waals surface area contributed by atoms with Crippen LogP contribution in [0.3, 0.4) is 0 Å². The Balaban J connectivity index is 1.74. The van der Waals surface area contributed by atoms with Gasteiger partial charge in [-0.25, -0.2) is 25.9 Å². The van der Waals surface area contributed by atoms with E-state index in [4.69, 9.17) is 0 Å². The highest BCUT2D eigenvalue weighted by atomic mass is 32.2. The van der Waals surface area contributed by atoms with Crippen LogP contribution < -0.4 is 4.72 Å². The quantitative estimate of drug-likeness (QED) is 0.710. The van der Waals surface area contributed by atoms with Gasteiger partial charge >= 0.3 is 0 Å². The molecular formula is C17H26FN3O4S2. The Morgan fingerprint density at radius 2 is 1.81 bits per heavy atom. The lowest BCUT2D eigenvalue weighted by atomic mass is 10.0. The topological polar surface area (TPSA) is 86.8 Å². The van der Waals surface area contributed by atoms with Crippen molar-refractivity contribution in [3.63, 3.8) is 0 Å². The zero-order chi connectivity index (χ0) is 19.7. The van der Waals surface area contributed by atoms with Crippen molar-refractivity contribution in [3.8, 4) is 0 Å². The largest absolute Gasteiger partial charge is 0.304 e. The van der Waals surface area contributed by atoms with Crippen LogP contribution in [0.25, 0.3) is 0 Å². The van der Waals surface area contributed by atoms with Gasteiger partial charge in [-0.05, 0) is 31.2 Å². The maximum absolute atomic E-state index is 13.3. The van der Waals surface area contributed by atoms with Crippen LogP contribution in [0.4, 0.5) is 4.39 Å². The lowest BCUT2D eigenvalue weighted by Gasteiger charge is -2.38. The Hall–Kier alpha value is -1.07. The average Bonchev–Trinajstić information content (AvgIpc) is 2.99. The molecule has 0 bridgehead atoms. The number of sulfonamides is 1. The van der Waals surface area contributed by atoms with Crippen molar-refractivity contribution in [1.29, 1.82) is 0 Å². The molecule has 0 aliphatic carbocycles. The van der Waals surface area contributed by atoms with Crippen LogP contribution in [-0.2, 0) is 19.9 Å². The van der Waals surface area contributed by atoms with Gasteiger partial charge in [0.15, 0.2) is 9.84 Å². The van der Waals surface area contributed by atoms with Crippen molar-refractivity contribution in [3.05, 3.63) is 35.6 Å². The van der Waals surface area contributed by atoms with Crippen molar-refractivity contribution in [2.75, 3.05) is 51.3 Å². The lowest BCUT2D eigenvalue weighted by Crippen LogP contribution is -2.49. The van der Waals surface area contributed by atoms with Gasteiger partial charge < -0.3 is 4.90 Å². The van der Waals surface area contributed by atoms with Gasteiger partial charge in [0.1, 0.15) is 5.82 Å². The normalized spacial score (nSPS) is 25.5. The van der Waals surface area contributed by atoms with E-state index in [-0.39, 0.29) is 36.3 Å². The molecule has 152 valence electrons. The summed E-state index contributed by atoms with van der Waals surface area (Å²) in [7, 11) is -4.97. The molecule has 1 N–H and O–H groups in total. The number of likely N-dealkylation sites (N-methyl/N-ethyl adjacent to an activating group) is 1. The van der Waals surface area contributed by atoms with Crippen molar-refractivity contribution in [2.45, 2.75) is 17.7 Å². The predicted molar refractivity (Wildman–Crippen MR) is 102 cm³/mol. The molecule has 10 heteroatoms. The summed E-state index contributed by atoms with van der Waals surface area (Å²) in [5.74, 6) is -0.746. The summed E-state index contributed by atoms with van der Waals surface area (Å²) >= 11 is 0. The number of sulfone groups is 1. The molecule has 0 amide bonds. The van der Waals surface area contributed by atoms with E-state index in [1.54, 1.807) is 12.1 Å². The van der Waals surface area contributed by atoms with E-state index in [1.807, 2.05) is 7.05 Å². The summed E-state index contributed by atoms with van der Waals surface area (Å²) in [6.07, 6.45) is 0.132. The summed E-state index contributed by atoms with van der Waals surface area (Å²) in [5.41, 5.74) is 0.836. The van der Waals surface area contributed by atoms with Crippen LogP contribution in [-0.4, -0.2) is 83.2 Å². The number of rotatable bonds is 6. The first-order chi connectivity index (χ1) is 12.7. The molecule has 7 nitrogen and oxygen atoms in total. The van der Waals surface area contributed by atoms with Crippen molar-refractivity contribution in [2.24, 2.45) is 0 Å². The van der Waals surface area contributed by atoms with E-state index in [0.717, 1.165) is 31.7 Å². The van der Waals surface area contributed by atoms with Crippen LogP contribution in [0.1, 0.15) is 18.0 Å². The fourth-order valence-electron chi connectivity index (χ4n) is 3.59. The number of piperazine rings is 1. The maximum Gasteiger partial charge on any atom is 0.215 e. The average molecular weight is 420 g/mol. The van der Waals surface area contributed by atoms with Gasteiger partial charge in [-0.2, -0.15) is 0 Å². The summed E-state index contributed by atoms with van der Waals surface area (Å²) in [5, 5.41) is -0.899. The third-order valence-electron chi connectivity index (χ3n) is 5.34. The molecule has 0 radical (unpaired) electrons. The van der Waals surface area contributed by atoms with Crippen LogP contribution in [0, 0.1) is 5.82 Å². The van der Waals surface area contributed by atoms with Gasteiger partial charge in [0.05, 0.1) is 16.8 Å². The minimum Gasteiger partial charge on any atom is -0.304 e. The van der Waals surface area contributed by atoms with E-state index in [0.29, 0.717) is 0 Å². The predicted octanol–water partition coefficient (Wildman–Crippen LogP) is 0.221. The molecule has 2 aliphatic heterocycles. The number of halogens is 1. The summed E-state index contributed by atoms with van der Waals surface area (Å²) in [6.45, 7) is 3.42. The molecule has 27 heavy (non-hydrogen) atoms. The third kappa shape index (κ3) is 5.26. The van der Waals surface area contributed by atoms with Gasteiger partial charge in [-0.1, -0.05) is 12.1 Å². The van der Waals surface area contributed by atoms with Gasteiger partial charge in [0, 0.05) is 38.8 Å². The van der Waals surface area contributed by atoms with Crippen LogP contribution >= 0.6 is 0 Å². The molecule has 0 spiro atoms. The Bertz CT molecular complexity index is 851. The van der Waals surface area contributed by atoms with Gasteiger partial charge in [0.2, 0.25) is 10.0 Å². The minimum atomic E-state index is -3.73. The lowest BCUT2D eigenvalue weighted by molar-refractivity contribution is 0.113. The van der Waals surface area contributed by atoms with E-state index >= 15 is 0 Å². The zero-order valence-electron chi connectivity index (χ0n) is 15.3. The number of hydrogen-bond donors (Lipinski definition) is 1. The van der Waals surface area contributed by atoms with Crippen molar-refractivity contribution < 1.29 is 21.2 Å². The molecular weight excluding hydrogens is 393 g/mol. The molecule has 2 fully saturated rings. The Labute approximate surface area is 160 Å². The summed E-state index contributed by atoms with van der Waals surface area (Å²) in [4.78, 5) is 4.38. The van der Waals surface area contributed by atoms with Crippen LogP contribution in [0.2, 0.25) is 0 Å². The molecule has 2 atom stereocenters. The smallest absolute Gasteiger partial charge is 0.215 e. The monoisotopic (exact) mass is 419 g/mol. The Kier molecular flexibility index (Phi) is 6.21.